The SMILES string of the molecule is NC(O)(OC(O)(O)C(O)(O)N1CCN(C2=Nc3ccccc3Sc3ccccc32)CC1)C(O)(O)OC1CCCCO1. The van der Waals surface area contributed by atoms with Crippen molar-refractivity contribution in [2.45, 2.75) is 59.1 Å². The lowest BCUT2D eigenvalue weighted by atomic mass is 10.1. The van der Waals surface area contributed by atoms with Crippen molar-refractivity contribution >= 4 is 23.3 Å². The highest BCUT2D eigenvalue weighted by Gasteiger charge is 2.63. The van der Waals surface area contributed by atoms with Crippen molar-refractivity contribution in [3.05, 3.63) is 54.1 Å². The molecule has 2 atom stereocenters. The normalized spacial score (nSPS) is 22.3. The second-order valence-corrected chi connectivity index (χ2v) is 11.1. The Balaban J connectivity index is 1.29. The number of ether oxygens (including phenoxy) is 3. The van der Waals surface area contributed by atoms with Crippen LogP contribution in [0.15, 0.2) is 63.3 Å². The van der Waals surface area contributed by atoms with Crippen molar-refractivity contribution < 1.29 is 50.0 Å². The lowest BCUT2D eigenvalue weighted by molar-refractivity contribution is -0.578. The summed E-state index contributed by atoms with van der Waals surface area (Å²) in [6, 6.07) is 15.5. The molecular weight excluding hydrogens is 560 g/mol. The van der Waals surface area contributed by atoms with Gasteiger partial charge in [0, 0.05) is 48.1 Å². The third-order valence-electron chi connectivity index (χ3n) is 7.09. The predicted molar refractivity (Wildman–Crippen MR) is 143 cm³/mol. The summed E-state index contributed by atoms with van der Waals surface area (Å²) in [6.45, 7) is 0.345. The molecule has 2 aromatic carbocycles. The molecule has 0 amide bonds. The highest BCUT2D eigenvalue weighted by atomic mass is 32.2. The zero-order valence-electron chi connectivity index (χ0n) is 22.0. The first kappa shape index (κ1) is 30.2. The highest BCUT2D eigenvalue weighted by molar-refractivity contribution is 7.99. The van der Waals surface area contributed by atoms with Gasteiger partial charge in [-0.05, 0) is 37.5 Å². The van der Waals surface area contributed by atoms with E-state index in [1.165, 1.54) is 0 Å². The van der Waals surface area contributed by atoms with Crippen LogP contribution in [0.3, 0.4) is 0 Å². The Hall–Kier alpha value is -2.22. The van der Waals surface area contributed by atoms with Crippen LogP contribution >= 0.6 is 11.8 Å². The Kier molecular flexibility index (Phi) is 8.45. The molecule has 0 aromatic heterocycles. The summed E-state index contributed by atoms with van der Waals surface area (Å²) in [4.78, 5) is 9.66. The first-order valence-corrected chi connectivity index (χ1v) is 13.9. The van der Waals surface area contributed by atoms with Gasteiger partial charge in [0.05, 0.1) is 5.69 Å². The van der Waals surface area contributed by atoms with Gasteiger partial charge in [-0.1, -0.05) is 42.1 Å². The first-order valence-electron chi connectivity index (χ1n) is 13.1. The van der Waals surface area contributed by atoms with Crippen molar-refractivity contribution in [2.24, 2.45) is 10.7 Å². The average molecular weight is 595 g/mol. The van der Waals surface area contributed by atoms with Gasteiger partial charge in [-0.2, -0.15) is 0 Å². The minimum Gasteiger partial charge on any atom is -0.353 e. The molecule has 0 aliphatic carbocycles. The zero-order chi connectivity index (χ0) is 29.5. The van der Waals surface area contributed by atoms with Crippen molar-refractivity contribution in [2.75, 3.05) is 32.8 Å². The lowest BCUT2D eigenvalue weighted by Crippen LogP contribution is -2.75. The third kappa shape index (κ3) is 6.14. The molecular formula is C26H34N4O10S. The lowest BCUT2D eigenvalue weighted by Gasteiger charge is -2.48. The molecule has 2 unspecified atom stereocenters. The zero-order valence-corrected chi connectivity index (χ0v) is 22.9. The summed E-state index contributed by atoms with van der Waals surface area (Å²) in [5, 5.41) is 73.3. The number of fused-ring (bicyclic) bond motifs is 2. The van der Waals surface area contributed by atoms with Crippen molar-refractivity contribution in [1.82, 2.24) is 9.80 Å². The van der Waals surface area contributed by atoms with Gasteiger partial charge in [-0.3, -0.25) is 15.2 Å². The fourth-order valence-electron chi connectivity index (χ4n) is 4.77. The molecule has 0 spiro atoms. The molecule has 15 heteroatoms. The Morgan fingerprint density at radius 1 is 0.854 bits per heavy atom. The van der Waals surface area contributed by atoms with Gasteiger partial charge in [-0.25, -0.2) is 9.89 Å². The van der Waals surface area contributed by atoms with E-state index in [0.717, 1.165) is 25.9 Å². The molecule has 3 heterocycles. The third-order valence-corrected chi connectivity index (χ3v) is 8.24. The summed E-state index contributed by atoms with van der Waals surface area (Å²) < 4.78 is 14.5. The second kappa shape index (κ2) is 11.5. The smallest absolute Gasteiger partial charge is 0.353 e. The van der Waals surface area contributed by atoms with Gasteiger partial charge in [0.15, 0.2) is 6.29 Å². The Morgan fingerprint density at radius 3 is 2.20 bits per heavy atom. The number of piperazine rings is 1. The van der Waals surface area contributed by atoms with Crippen LogP contribution < -0.4 is 5.73 Å². The van der Waals surface area contributed by atoms with E-state index in [9.17, 15) is 35.7 Å². The van der Waals surface area contributed by atoms with E-state index in [-0.39, 0.29) is 39.2 Å². The van der Waals surface area contributed by atoms with E-state index in [4.69, 9.17) is 20.2 Å². The van der Waals surface area contributed by atoms with Gasteiger partial charge in [-0.15, -0.1) is 0 Å². The average Bonchev–Trinajstić information content (AvgIpc) is 3.09. The number of nitrogens with two attached hydrogens (primary N) is 1. The Bertz CT molecular complexity index is 1260. The summed E-state index contributed by atoms with van der Waals surface area (Å²) in [6.07, 6.45) is 0.379. The van der Waals surface area contributed by atoms with E-state index in [2.05, 4.69) is 4.74 Å². The number of para-hydroxylation sites is 1. The number of hydrogen-bond donors (Lipinski definition) is 8. The first-order chi connectivity index (χ1) is 19.3. The van der Waals surface area contributed by atoms with Crippen LogP contribution in [-0.2, 0) is 14.2 Å². The number of nitrogens with zero attached hydrogens (tertiary/aromatic N) is 3. The number of aliphatic imine (C=N–C) groups is 1. The van der Waals surface area contributed by atoms with E-state index in [1.807, 2.05) is 53.4 Å². The Labute approximate surface area is 239 Å². The molecule has 41 heavy (non-hydrogen) atoms. The number of aliphatic hydroxyl groups is 7. The minimum absolute atomic E-state index is 0.131. The highest BCUT2D eigenvalue weighted by Crippen LogP contribution is 2.41. The topological polar surface area (TPSA) is 214 Å². The summed E-state index contributed by atoms with van der Waals surface area (Å²) in [5.41, 5.74) is 7.08. The minimum atomic E-state index is -4.02. The molecule has 2 aromatic rings. The maximum atomic E-state index is 10.8. The number of benzene rings is 2. The molecule has 5 rings (SSSR count). The monoisotopic (exact) mass is 594 g/mol. The quantitative estimate of drug-likeness (QED) is 0.179. The molecule has 224 valence electrons. The fraction of sp³-hybridized carbons (Fsp3) is 0.500. The number of hydrogen-bond acceptors (Lipinski definition) is 15. The van der Waals surface area contributed by atoms with Crippen molar-refractivity contribution in [3.8, 4) is 0 Å². The number of rotatable bonds is 7. The molecule has 3 aliphatic heterocycles. The molecule has 0 radical (unpaired) electrons. The molecule has 0 bridgehead atoms. The van der Waals surface area contributed by atoms with Crippen LogP contribution in [0.4, 0.5) is 5.69 Å². The van der Waals surface area contributed by atoms with Gasteiger partial charge in [0.2, 0.25) is 0 Å². The van der Waals surface area contributed by atoms with Crippen LogP contribution in [0.5, 0.6) is 0 Å². The fourth-order valence-corrected chi connectivity index (χ4v) is 5.79. The molecule has 2 fully saturated rings. The van der Waals surface area contributed by atoms with Gasteiger partial charge >= 0.3 is 23.8 Å². The molecule has 2 saturated heterocycles. The van der Waals surface area contributed by atoms with Gasteiger partial charge in [0.1, 0.15) is 5.84 Å². The second-order valence-electron chi connectivity index (χ2n) is 10.0. The van der Waals surface area contributed by atoms with E-state index >= 15 is 0 Å². The maximum Gasteiger partial charge on any atom is 0.355 e. The van der Waals surface area contributed by atoms with Crippen LogP contribution in [0.25, 0.3) is 0 Å². The summed E-state index contributed by atoms with van der Waals surface area (Å²) >= 11 is 1.59. The molecule has 0 saturated carbocycles. The van der Waals surface area contributed by atoms with Crippen molar-refractivity contribution in [1.29, 1.82) is 0 Å². The largest absolute Gasteiger partial charge is 0.355 e. The van der Waals surface area contributed by atoms with Crippen LogP contribution in [-0.4, -0.2) is 114 Å². The number of amidine groups is 1. The van der Waals surface area contributed by atoms with Gasteiger partial charge in [0.25, 0.3) is 0 Å². The maximum absolute atomic E-state index is 10.8. The van der Waals surface area contributed by atoms with Crippen LogP contribution in [0, 0.1) is 0 Å². The van der Waals surface area contributed by atoms with E-state index in [0.29, 0.717) is 18.7 Å². The van der Waals surface area contributed by atoms with Gasteiger partial charge < -0.3 is 45.4 Å². The Morgan fingerprint density at radius 2 is 1.51 bits per heavy atom. The van der Waals surface area contributed by atoms with E-state index < -0.39 is 30.1 Å². The van der Waals surface area contributed by atoms with Crippen LogP contribution in [0.2, 0.25) is 0 Å². The molecule has 14 nitrogen and oxygen atoms in total. The molecule has 9 N–H and O–H groups in total. The predicted octanol–water partition coefficient (Wildman–Crippen LogP) is -1.07. The summed E-state index contributed by atoms with van der Waals surface area (Å²) in [7, 11) is 0. The van der Waals surface area contributed by atoms with Crippen LogP contribution in [0.1, 0.15) is 24.8 Å². The summed E-state index contributed by atoms with van der Waals surface area (Å²) in [5.74, 6) is -14.4. The van der Waals surface area contributed by atoms with E-state index in [1.54, 1.807) is 11.8 Å². The standard InChI is InChI=1S/C26H34N4O10S/c27-23(31,25(34,35)39-21-11-5-6-16-38-21)40-26(36,37)24(32,33)30-14-12-29(13-15-30)22-17-7-1-3-9-19(17)41-20-10-4-2-8-18(20)28-22/h1-4,7-10,21,31-37H,5-6,11-16,27H2. The molecule has 3 aliphatic rings. The van der Waals surface area contributed by atoms with Crippen molar-refractivity contribution in [3.63, 3.8) is 0 Å².